The van der Waals surface area contributed by atoms with Gasteiger partial charge in [-0.2, -0.15) is 0 Å². The molecule has 9 heteroatoms. The number of nitrogens with zero attached hydrogens (tertiary/aromatic N) is 1. The smallest absolute Gasteiger partial charge is 0.355 e. The van der Waals surface area contributed by atoms with Crippen molar-refractivity contribution in [2.75, 3.05) is 33.3 Å². The number of para-hydroxylation sites is 1. The van der Waals surface area contributed by atoms with E-state index in [0.29, 0.717) is 12.1 Å². The summed E-state index contributed by atoms with van der Waals surface area (Å²) in [6.07, 6.45) is 0.755. The van der Waals surface area contributed by atoms with E-state index in [0.717, 1.165) is 26.9 Å². The van der Waals surface area contributed by atoms with Crippen LogP contribution in [0.3, 0.4) is 0 Å². The zero-order valence-corrected chi connectivity index (χ0v) is 20.5. The van der Waals surface area contributed by atoms with Crippen LogP contribution in [0.25, 0.3) is 0 Å². The third-order valence-electron chi connectivity index (χ3n) is 5.79. The number of methoxy groups -OCH3 is 4. The number of ether oxygens (including phenoxy) is 4. The van der Waals surface area contributed by atoms with Crippen LogP contribution in [0.15, 0.2) is 83.1 Å². The van der Waals surface area contributed by atoms with Crippen molar-refractivity contribution in [2.45, 2.75) is 18.9 Å². The van der Waals surface area contributed by atoms with Crippen LogP contribution in [0.2, 0.25) is 0 Å². The van der Waals surface area contributed by atoms with Crippen LogP contribution in [0.4, 0.5) is 5.69 Å². The van der Waals surface area contributed by atoms with Gasteiger partial charge >= 0.3 is 23.9 Å². The second kappa shape index (κ2) is 11.8. The molecule has 0 amide bonds. The van der Waals surface area contributed by atoms with Crippen molar-refractivity contribution in [3.63, 3.8) is 0 Å². The van der Waals surface area contributed by atoms with E-state index in [2.05, 4.69) is 0 Å². The molecule has 1 atom stereocenters. The summed E-state index contributed by atoms with van der Waals surface area (Å²) in [6, 6.07) is 17.3. The van der Waals surface area contributed by atoms with Crippen molar-refractivity contribution in [3.8, 4) is 0 Å². The zero-order chi connectivity index (χ0) is 26.2. The van der Waals surface area contributed by atoms with Gasteiger partial charge in [-0.1, -0.05) is 48.5 Å². The van der Waals surface area contributed by atoms with Crippen molar-refractivity contribution in [1.82, 2.24) is 0 Å². The number of benzene rings is 2. The summed E-state index contributed by atoms with van der Waals surface area (Å²) in [5.74, 6) is -3.75. The molecule has 0 fully saturated rings. The van der Waals surface area contributed by atoms with Gasteiger partial charge in [0.1, 0.15) is 11.3 Å². The summed E-state index contributed by atoms with van der Waals surface area (Å²) in [4.78, 5) is 54.0. The standard InChI is InChI=1S/C27H27NO8/c1-33-24(29)20-19(16-15-17-11-7-5-8-12-17)28(18-13-9-6-10-14-18)23(27(32)36-4)22(26(31)35-3)21(20)25(30)34-2/h5-14,19H,15-16H2,1-4H3/t19-/m0/s1. The van der Waals surface area contributed by atoms with Crippen LogP contribution in [0, 0.1) is 0 Å². The van der Waals surface area contributed by atoms with E-state index in [1.54, 1.807) is 30.3 Å². The van der Waals surface area contributed by atoms with Crippen LogP contribution in [0.1, 0.15) is 12.0 Å². The number of hydrogen-bond acceptors (Lipinski definition) is 9. The van der Waals surface area contributed by atoms with Gasteiger partial charge in [0.2, 0.25) is 0 Å². The van der Waals surface area contributed by atoms with Gasteiger partial charge in [0, 0.05) is 5.69 Å². The number of carbonyl (C=O) groups excluding carboxylic acids is 4. The SMILES string of the molecule is COC(=O)C1=C(C(=O)OC)[C@H](CCc2ccccc2)N(c2ccccc2)C(C(=O)OC)=C1C(=O)OC. The highest BCUT2D eigenvalue weighted by atomic mass is 16.5. The Balaban J connectivity index is 2.39. The first-order chi connectivity index (χ1) is 17.4. The summed E-state index contributed by atoms with van der Waals surface area (Å²) in [5, 5.41) is 0. The lowest BCUT2D eigenvalue weighted by Crippen LogP contribution is -2.48. The minimum absolute atomic E-state index is 0.128. The first-order valence-corrected chi connectivity index (χ1v) is 11.1. The summed E-state index contributed by atoms with van der Waals surface area (Å²) in [7, 11) is 4.54. The molecular weight excluding hydrogens is 466 g/mol. The Labute approximate surface area is 208 Å². The normalized spacial score (nSPS) is 15.3. The molecular formula is C27H27NO8. The highest BCUT2D eigenvalue weighted by Gasteiger charge is 2.47. The molecule has 0 aliphatic carbocycles. The summed E-state index contributed by atoms with van der Waals surface area (Å²) in [5.41, 5.74) is 0.233. The molecule has 0 aromatic heterocycles. The molecule has 0 spiro atoms. The van der Waals surface area contributed by atoms with E-state index < -0.39 is 41.1 Å². The maximum absolute atomic E-state index is 13.2. The van der Waals surface area contributed by atoms with Crippen molar-refractivity contribution in [2.24, 2.45) is 0 Å². The maximum Gasteiger partial charge on any atom is 0.355 e. The molecule has 188 valence electrons. The largest absolute Gasteiger partial charge is 0.466 e. The highest BCUT2D eigenvalue weighted by molar-refractivity contribution is 6.18. The van der Waals surface area contributed by atoms with E-state index >= 15 is 0 Å². The lowest BCUT2D eigenvalue weighted by Gasteiger charge is -2.40. The molecule has 1 heterocycles. The van der Waals surface area contributed by atoms with Gasteiger partial charge in [0.25, 0.3) is 0 Å². The first kappa shape index (κ1) is 26.2. The average Bonchev–Trinajstić information content (AvgIpc) is 2.94. The van der Waals surface area contributed by atoms with Crippen LogP contribution >= 0.6 is 0 Å². The van der Waals surface area contributed by atoms with Crippen molar-refractivity contribution in [1.29, 1.82) is 0 Å². The fraction of sp³-hybridized carbons (Fsp3) is 0.259. The molecule has 0 unspecified atom stereocenters. The number of carbonyl (C=O) groups is 4. The molecule has 1 aliphatic heterocycles. The summed E-state index contributed by atoms with van der Waals surface area (Å²) >= 11 is 0. The molecule has 2 aromatic rings. The minimum Gasteiger partial charge on any atom is -0.466 e. The topological polar surface area (TPSA) is 108 Å². The Morgan fingerprint density at radius 1 is 0.667 bits per heavy atom. The Bertz CT molecular complexity index is 1200. The second-order valence-electron chi connectivity index (χ2n) is 7.72. The van der Waals surface area contributed by atoms with E-state index in [9.17, 15) is 19.2 Å². The summed E-state index contributed by atoms with van der Waals surface area (Å²) in [6.45, 7) is 0. The molecule has 0 N–H and O–H groups in total. The van der Waals surface area contributed by atoms with Crippen molar-refractivity contribution >= 4 is 29.6 Å². The molecule has 0 saturated carbocycles. The average molecular weight is 494 g/mol. The molecule has 2 aromatic carbocycles. The number of hydrogen-bond donors (Lipinski definition) is 0. The van der Waals surface area contributed by atoms with Crippen LogP contribution in [-0.2, 0) is 44.5 Å². The Hall–Kier alpha value is -4.40. The van der Waals surface area contributed by atoms with Crippen LogP contribution in [0.5, 0.6) is 0 Å². The van der Waals surface area contributed by atoms with E-state index in [1.165, 1.54) is 12.0 Å². The second-order valence-corrected chi connectivity index (χ2v) is 7.72. The highest BCUT2D eigenvalue weighted by Crippen LogP contribution is 2.40. The van der Waals surface area contributed by atoms with E-state index in [1.807, 2.05) is 30.3 Å². The number of esters is 4. The lowest BCUT2D eigenvalue weighted by atomic mass is 9.84. The third kappa shape index (κ3) is 5.14. The van der Waals surface area contributed by atoms with Gasteiger partial charge < -0.3 is 23.8 Å². The predicted molar refractivity (Wildman–Crippen MR) is 130 cm³/mol. The molecule has 0 bridgehead atoms. The van der Waals surface area contributed by atoms with E-state index in [4.69, 9.17) is 18.9 Å². The Kier molecular flexibility index (Phi) is 8.61. The van der Waals surface area contributed by atoms with Crippen molar-refractivity contribution < 1.29 is 38.1 Å². The monoisotopic (exact) mass is 493 g/mol. The molecule has 0 radical (unpaired) electrons. The van der Waals surface area contributed by atoms with Gasteiger partial charge in [-0.3, -0.25) is 0 Å². The molecule has 36 heavy (non-hydrogen) atoms. The van der Waals surface area contributed by atoms with Gasteiger partial charge in [0.15, 0.2) is 0 Å². The quantitative estimate of drug-likeness (QED) is 0.405. The van der Waals surface area contributed by atoms with Crippen molar-refractivity contribution in [3.05, 3.63) is 88.6 Å². The maximum atomic E-state index is 13.2. The molecule has 0 saturated heterocycles. The number of rotatable bonds is 8. The zero-order valence-electron chi connectivity index (χ0n) is 20.5. The van der Waals surface area contributed by atoms with Gasteiger partial charge in [-0.15, -0.1) is 0 Å². The molecule has 1 aliphatic rings. The van der Waals surface area contributed by atoms with Crippen LogP contribution in [-0.4, -0.2) is 58.4 Å². The summed E-state index contributed by atoms with van der Waals surface area (Å²) < 4.78 is 19.9. The Morgan fingerprint density at radius 3 is 1.69 bits per heavy atom. The number of anilines is 1. The number of aryl methyl sites for hydroxylation is 1. The fourth-order valence-corrected chi connectivity index (χ4v) is 4.20. The third-order valence-corrected chi connectivity index (χ3v) is 5.79. The minimum atomic E-state index is -1.01. The fourth-order valence-electron chi connectivity index (χ4n) is 4.20. The lowest BCUT2D eigenvalue weighted by molar-refractivity contribution is -0.142. The predicted octanol–water partition coefficient (Wildman–Crippen LogP) is 2.75. The van der Waals surface area contributed by atoms with Gasteiger partial charge in [0.05, 0.1) is 45.6 Å². The van der Waals surface area contributed by atoms with Gasteiger partial charge in [-0.05, 0) is 30.5 Å². The Morgan fingerprint density at radius 2 is 1.17 bits per heavy atom. The molecule has 9 nitrogen and oxygen atoms in total. The van der Waals surface area contributed by atoms with Crippen LogP contribution < -0.4 is 4.90 Å². The first-order valence-electron chi connectivity index (χ1n) is 11.1. The van der Waals surface area contributed by atoms with Gasteiger partial charge in [-0.25, -0.2) is 19.2 Å². The molecule has 3 rings (SSSR count). The van der Waals surface area contributed by atoms with E-state index in [-0.39, 0.29) is 17.7 Å².